The van der Waals surface area contributed by atoms with Gasteiger partial charge in [0.1, 0.15) is 17.2 Å². The molecule has 0 bridgehead atoms. The van der Waals surface area contributed by atoms with Gasteiger partial charge < -0.3 is 15.4 Å². The van der Waals surface area contributed by atoms with Crippen LogP contribution >= 0.6 is 0 Å². The highest BCUT2D eigenvalue weighted by Crippen LogP contribution is 2.14. The number of nitrogens with zero attached hydrogens (tertiary/aromatic N) is 3. The fraction of sp³-hybridized carbons (Fsp3) is 0.583. The number of ether oxygens (including phenoxy) is 1. The number of hydrogen-bond acceptors (Lipinski definition) is 6. The van der Waals surface area contributed by atoms with Gasteiger partial charge in [0, 0.05) is 13.0 Å². The molecule has 0 aliphatic rings. The van der Waals surface area contributed by atoms with Crippen LogP contribution in [0.5, 0.6) is 0 Å². The Labute approximate surface area is 107 Å². The molecule has 0 aromatic carbocycles. The van der Waals surface area contributed by atoms with E-state index in [-0.39, 0.29) is 11.4 Å². The van der Waals surface area contributed by atoms with Crippen LogP contribution in [-0.4, -0.2) is 48.1 Å². The second-order valence-corrected chi connectivity index (χ2v) is 4.26. The summed E-state index contributed by atoms with van der Waals surface area (Å²) in [4.78, 5) is 22.1. The monoisotopic (exact) mass is 252 g/mol. The minimum atomic E-state index is -0.466. The second kappa shape index (κ2) is 6.30. The van der Waals surface area contributed by atoms with E-state index >= 15 is 0 Å². The molecular weight excluding hydrogens is 232 g/mol. The van der Waals surface area contributed by atoms with Gasteiger partial charge in [-0.3, -0.25) is 0 Å². The molecule has 100 valence electrons. The van der Waals surface area contributed by atoms with Crippen molar-refractivity contribution in [3.05, 3.63) is 17.1 Å². The van der Waals surface area contributed by atoms with Crippen molar-refractivity contribution in [2.75, 3.05) is 33.0 Å². The maximum atomic E-state index is 11.7. The van der Waals surface area contributed by atoms with Crippen LogP contribution in [0, 0.1) is 6.92 Å². The summed E-state index contributed by atoms with van der Waals surface area (Å²) in [7, 11) is 3.95. The first-order chi connectivity index (χ1) is 8.45. The number of nitrogen functional groups attached to an aromatic ring is 1. The number of carbonyl (C=O) groups excluding carboxylic acids is 1. The van der Waals surface area contributed by atoms with Crippen LogP contribution in [0.2, 0.25) is 0 Å². The molecule has 0 saturated heterocycles. The third-order valence-electron chi connectivity index (χ3n) is 2.43. The number of carbonyl (C=O) groups is 1. The standard InChI is InChI=1S/C12H20N4O2/c1-5-18-12(17)10-8(2)14-9(15-11(10)13)6-7-16(3)4/h5-7H2,1-4H3,(H2,13,14,15). The fourth-order valence-corrected chi connectivity index (χ4v) is 1.55. The lowest BCUT2D eigenvalue weighted by atomic mass is 10.2. The van der Waals surface area contributed by atoms with E-state index in [0.29, 0.717) is 24.5 Å². The van der Waals surface area contributed by atoms with Gasteiger partial charge in [0.2, 0.25) is 0 Å². The first kappa shape index (κ1) is 14.4. The maximum Gasteiger partial charge on any atom is 0.343 e. The quantitative estimate of drug-likeness (QED) is 0.775. The Morgan fingerprint density at radius 2 is 2.06 bits per heavy atom. The molecule has 6 heteroatoms. The maximum absolute atomic E-state index is 11.7. The lowest BCUT2D eigenvalue weighted by Gasteiger charge is -2.11. The summed E-state index contributed by atoms with van der Waals surface area (Å²) in [6.07, 6.45) is 0.696. The van der Waals surface area contributed by atoms with E-state index in [4.69, 9.17) is 10.5 Å². The van der Waals surface area contributed by atoms with Crippen LogP contribution in [0.25, 0.3) is 0 Å². The summed E-state index contributed by atoms with van der Waals surface area (Å²) in [5, 5.41) is 0. The lowest BCUT2D eigenvalue weighted by Crippen LogP contribution is -2.19. The molecular formula is C12H20N4O2. The molecule has 1 rings (SSSR count). The van der Waals surface area contributed by atoms with Gasteiger partial charge in [0.05, 0.1) is 12.3 Å². The third-order valence-corrected chi connectivity index (χ3v) is 2.43. The molecule has 0 fully saturated rings. The van der Waals surface area contributed by atoms with Crippen molar-refractivity contribution in [3.63, 3.8) is 0 Å². The Morgan fingerprint density at radius 1 is 1.39 bits per heavy atom. The van der Waals surface area contributed by atoms with Gasteiger partial charge in [-0.1, -0.05) is 0 Å². The highest BCUT2D eigenvalue weighted by molar-refractivity contribution is 5.95. The van der Waals surface area contributed by atoms with E-state index in [1.807, 2.05) is 19.0 Å². The number of aryl methyl sites for hydroxylation is 1. The van der Waals surface area contributed by atoms with E-state index in [1.54, 1.807) is 13.8 Å². The Balaban J connectivity index is 2.94. The van der Waals surface area contributed by atoms with Gasteiger partial charge in [0.25, 0.3) is 0 Å². The molecule has 0 aliphatic carbocycles. The van der Waals surface area contributed by atoms with Crippen LogP contribution in [-0.2, 0) is 11.2 Å². The zero-order chi connectivity index (χ0) is 13.7. The van der Waals surface area contributed by atoms with Gasteiger partial charge in [-0.15, -0.1) is 0 Å². The third kappa shape index (κ3) is 3.66. The zero-order valence-electron chi connectivity index (χ0n) is 11.4. The minimum Gasteiger partial charge on any atom is -0.462 e. The minimum absolute atomic E-state index is 0.190. The van der Waals surface area contributed by atoms with Crippen LogP contribution in [0.1, 0.15) is 28.8 Å². The van der Waals surface area contributed by atoms with Crippen molar-refractivity contribution in [3.8, 4) is 0 Å². The number of hydrogen-bond donors (Lipinski definition) is 1. The molecule has 1 aromatic heterocycles. The largest absolute Gasteiger partial charge is 0.462 e. The lowest BCUT2D eigenvalue weighted by molar-refractivity contribution is 0.0525. The van der Waals surface area contributed by atoms with Crippen LogP contribution in [0.4, 0.5) is 5.82 Å². The van der Waals surface area contributed by atoms with Gasteiger partial charge in [-0.2, -0.15) is 0 Å². The van der Waals surface area contributed by atoms with Gasteiger partial charge in [-0.25, -0.2) is 14.8 Å². The number of likely N-dealkylation sites (N-methyl/N-ethyl adjacent to an activating group) is 1. The molecule has 1 aromatic rings. The molecule has 0 spiro atoms. The average Bonchev–Trinajstić information content (AvgIpc) is 2.25. The van der Waals surface area contributed by atoms with E-state index in [1.165, 1.54) is 0 Å². The summed E-state index contributed by atoms with van der Waals surface area (Å²) in [5.74, 6) is 0.369. The summed E-state index contributed by atoms with van der Waals surface area (Å²) in [6.45, 7) is 4.62. The van der Waals surface area contributed by atoms with Crippen LogP contribution in [0.15, 0.2) is 0 Å². The first-order valence-corrected chi connectivity index (χ1v) is 5.90. The van der Waals surface area contributed by atoms with Crippen LogP contribution in [0.3, 0.4) is 0 Å². The molecule has 0 atom stereocenters. The predicted octanol–water partition coefficient (Wildman–Crippen LogP) is 0.648. The second-order valence-electron chi connectivity index (χ2n) is 4.26. The summed E-state index contributed by atoms with van der Waals surface area (Å²) < 4.78 is 4.92. The van der Waals surface area contributed by atoms with E-state index in [0.717, 1.165) is 6.54 Å². The molecule has 1 heterocycles. The summed E-state index contributed by atoms with van der Waals surface area (Å²) in [6, 6.07) is 0. The normalized spacial score (nSPS) is 10.7. The fourth-order valence-electron chi connectivity index (χ4n) is 1.55. The highest BCUT2D eigenvalue weighted by Gasteiger charge is 2.17. The molecule has 0 unspecified atom stereocenters. The van der Waals surface area contributed by atoms with E-state index in [2.05, 4.69) is 9.97 Å². The zero-order valence-corrected chi connectivity index (χ0v) is 11.4. The van der Waals surface area contributed by atoms with E-state index in [9.17, 15) is 4.79 Å². The van der Waals surface area contributed by atoms with E-state index < -0.39 is 5.97 Å². The van der Waals surface area contributed by atoms with Crippen molar-refractivity contribution in [2.45, 2.75) is 20.3 Å². The van der Waals surface area contributed by atoms with Crippen molar-refractivity contribution in [2.24, 2.45) is 0 Å². The van der Waals surface area contributed by atoms with Gasteiger partial charge >= 0.3 is 5.97 Å². The van der Waals surface area contributed by atoms with Crippen molar-refractivity contribution in [1.29, 1.82) is 0 Å². The Morgan fingerprint density at radius 3 is 2.56 bits per heavy atom. The smallest absolute Gasteiger partial charge is 0.343 e. The topological polar surface area (TPSA) is 81.3 Å². The Bertz CT molecular complexity index is 409. The van der Waals surface area contributed by atoms with Gasteiger partial charge in [-0.05, 0) is 27.9 Å². The number of aromatic nitrogens is 2. The Hall–Kier alpha value is -1.69. The Kier molecular flexibility index (Phi) is 5.03. The predicted molar refractivity (Wildman–Crippen MR) is 69.4 cm³/mol. The number of rotatable bonds is 5. The molecule has 0 aliphatic heterocycles. The van der Waals surface area contributed by atoms with Gasteiger partial charge in [0.15, 0.2) is 0 Å². The SMILES string of the molecule is CCOC(=O)c1c(C)nc(CCN(C)C)nc1N. The van der Waals surface area contributed by atoms with Crippen LogP contribution < -0.4 is 5.73 Å². The molecule has 2 N–H and O–H groups in total. The summed E-state index contributed by atoms with van der Waals surface area (Å²) in [5.41, 5.74) is 6.63. The number of nitrogens with two attached hydrogens (primary N) is 1. The highest BCUT2D eigenvalue weighted by atomic mass is 16.5. The average molecular weight is 252 g/mol. The van der Waals surface area contributed by atoms with Crippen molar-refractivity contribution >= 4 is 11.8 Å². The molecule has 6 nitrogen and oxygen atoms in total. The number of anilines is 1. The van der Waals surface area contributed by atoms with Crippen molar-refractivity contribution < 1.29 is 9.53 Å². The molecule has 0 amide bonds. The molecule has 0 radical (unpaired) electrons. The summed E-state index contributed by atoms with van der Waals surface area (Å²) >= 11 is 0. The number of esters is 1. The molecule has 0 saturated carbocycles. The molecule has 18 heavy (non-hydrogen) atoms. The first-order valence-electron chi connectivity index (χ1n) is 5.90. The van der Waals surface area contributed by atoms with Crippen molar-refractivity contribution in [1.82, 2.24) is 14.9 Å².